The van der Waals surface area contributed by atoms with Crippen LogP contribution >= 0.6 is 0 Å². The Bertz CT molecular complexity index is 315. The average Bonchev–Trinajstić information content (AvgIpc) is 2.66. The zero-order valence-electron chi connectivity index (χ0n) is 8.65. The highest BCUT2D eigenvalue weighted by molar-refractivity contribution is 5.92. The molecule has 0 spiro atoms. The van der Waals surface area contributed by atoms with Gasteiger partial charge in [0, 0.05) is 12.3 Å². The van der Waals surface area contributed by atoms with Crippen molar-refractivity contribution >= 4 is 5.71 Å². The summed E-state index contributed by atoms with van der Waals surface area (Å²) in [6.45, 7) is 4.84. The van der Waals surface area contributed by atoms with E-state index in [-0.39, 0.29) is 11.7 Å². The minimum absolute atomic E-state index is 0.0813. The van der Waals surface area contributed by atoms with Crippen LogP contribution in [0.4, 0.5) is 0 Å². The zero-order valence-corrected chi connectivity index (χ0v) is 8.65. The second-order valence-corrected chi connectivity index (χ2v) is 4.51. The lowest BCUT2D eigenvalue weighted by Crippen LogP contribution is -2.53. The Balaban J connectivity index is 1.88. The topological polar surface area (TPSA) is 40.0 Å². The maximum Gasteiger partial charge on any atom is 0.148 e. The largest absolute Gasteiger partial charge is 0.395 e. The van der Waals surface area contributed by atoms with E-state index in [9.17, 15) is 0 Å². The number of fused-ring (bicyclic) bond motifs is 4. The molecule has 0 unspecified atom stereocenters. The Labute approximate surface area is 88.9 Å². The number of ether oxygens (including phenoxy) is 2. The van der Waals surface area contributed by atoms with Gasteiger partial charge < -0.3 is 14.3 Å². The first-order valence-corrected chi connectivity index (χ1v) is 5.39. The molecule has 0 radical (unpaired) electrons. The van der Waals surface area contributed by atoms with E-state index < -0.39 is 0 Å². The predicted octanol–water partition coefficient (Wildman–Crippen LogP) is 1.47. The molecule has 3 aliphatic rings. The van der Waals surface area contributed by atoms with Gasteiger partial charge >= 0.3 is 0 Å². The van der Waals surface area contributed by atoms with Crippen molar-refractivity contribution in [3.8, 4) is 0 Å². The van der Waals surface area contributed by atoms with Gasteiger partial charge in [0.15, 0.2) is 0 Å². The monoisotopic (exact) mass is 209 g/mol. The molecular weight excluding hydrogens is 194 g/mol. The molecule has 2 aliphatic heterocycles. The average molecular weight is 209 g/mol. The van der Waals surface area contributed by atoms with Gasteiger partial charge in [-0.15, -0.1) is 6.58 Å². The molecule has 0 aromatic heterocycles. The first-order chi connectivity index (χ1) is 7.33. The van der Waals surface area contributed by atoms with E-state index in [0.29, 0.717) is 19.3 Å². The predicted molar refractivity (Wildman–Crippen MR) is 54.5 cm³/mol. The molecule has 2 bridgehead atoms. The number of hydrogen-bond donors (Lipinski definition) is 0. The van der Waals surface area contributed by atoms with Gasteiger partial charge in [-0.2, -0.15) is 0 Å². The van der Waals surface area contributed by atoms with E-state index in [1.54, 1.807) is 0 Å². The summed E-state index contributed by atoms with van der Waals surface area (Å²) in [5.41, 5.74) is 1.00. The van der Waals surface area contributed by atoms with Crippen molar-refractivity contribution < 1.29 is 14.3 Å². The maximum absolute atomic E-state index is 5.78. The summed E-state index contributed by atoms with van der Waals surface area (Å²) in [5.74, 6) is 0.379. The molecule has 2 fully saturated rings. The van der Waals surface area contributed by atoms with E-state index in [0.717, 1.165) is 25.0 Å². The van der Waals surface area contributed by atoms with Crippen molar-refractivity contribution in [1.82, 2.24) is 0 Å². The lowest BCUT2D eigenvalue weighted by Gasteiger charge is -2.45. The highest BCUT2D eigenvalue weighted by atomic mass is 16.7. The highest BCUT2D eigenvalue weighted by Crippen LogP contribution is 2.42. The summed E-state index contributed by atoms with van der Waals surface area (Å²) < 4.78 is 11.3. The van der Waals surface area contributed by atoms with Gasteiger partial charge in [-0.25, -0.2) is 0 Å². The smallest absolute Gasteiger partial charge is 0.148 e. The second kappa shape index (κ2) is 3.32. The first-order valence-electron chi connectivity index (χ1n) is 5.39. The minimum atomic E-state index is -0.0813. The van der Waals surface area contributed by atoms with Gasteiger partial charge in [0.25, 0.3) is 0 Å². The molecule has 3 atom stereocenters. The maximum atomic E-state index is 5.78. The molecule has 15 heavy (non-hydrogen) atoms. The van der Waals surface area contributed by atoms with E-state index in [4.69, 9.17) is 14.3 Å². The van der Waals surface area contributed by atoms with Crippen LogP contribution in [0.3, 0.4) is 0 Å². The molecule has 0 N–H and O–H groups in total. The van der Waals surface area contributed by atoms with Gasteiger partial charge in [0.05, 0.1) is 11.3 Å². The van der Waals surface area contributed by atoms with Gasteiger partial charge in [-0.3, -0.25) is 0 Å². The van der Waals surface area contributed by atoms with Crippen LogP contribution in [0.5, 0.6) is 0 Å². The van der Waals surface area contributed by atoms with Crippen molar-refractivity contribution in [2.24, 2.45) is 11.1 Å². The molecule has 4 heteroatoms. The van der Waals surface area contributed by atoms with Crippen LogP contribution in [-0.2, 0) is 14.3 Å². The number of nitrogens with zero attached hydrogens (tertiary/aromatic N) is 1. The molecule has 1 saturated carbocycles. The third-order valence-corrected chi connectivity index (χ3v) is 3.52. The number of hydrogen-bond acceptors (Lipinski definition) is 4. The lowest BCUT2D eigenvalue weighted by molar-refractivity contribution is -0.220. The van der Waals surface area contributed by atoms with E-state index >= 15 is 0 Å². The quantitative estimate of drug-likeness (QED) is 0.646. The third kappa shape index (κ3) is 1.40. The van der Waals surface area contributed by atoms with Crippen LogP contribution in [0, 0.1) is 5.92 Å². The highest BCUT2D eigenvalue weighted by Gasteiger charge is 2.49. The fourth-order valence-electron chi connectivity index (χ4n) is 2.81. The standard InChI is InChI=1S/C11H15NO3/c1-2-3-11-4-8-6-15-12-10(8)9(5-11)13-7-14-11/h2,8-9H,1,3-7H2/t8-,9-,11-/m0/s1. The fourth-order valence-corrected chi connectivity index (χ4v) is 2.81. The SMILES string of the molecule is C=CC[C@]12C[C@H]3CON=C3[C@H](C1)OCO2. The molecule has 1 aliphatic carbocycles. The zero-order chi connectivity index (χ0) is 10.3. The van der Waals surface area contributed by atoms with Crippen LogP contribution in [-0.4, -0.2) is 30.8 Å². The van der Waals surface area contributed by atoms with Crippen LogP contribution in [0.2, 0.25) is 0 Å². The molecule has 4 nitrogen and oxygen atoms in total. The van der Waals surface area contributed by atoms with Crippen LogP contribution < -0.4 is 0 Å². The molecule has 0 aromatic rings. The molecule has 82 valence electrons. The van der Waals surface area contributed by atoms with Crippen molar-refractivity contribution in [3.05, 3.63) is 12.7 Å². The van der Waals surface area contributed by atoms with Crippen LogP contribution in [0.25, 0.3) is 0 Å². The Morgan fingerprint density at radius 1 is 1.53 bits per heavy atom. The normalized spacial score (nSPS) is 42.8. The van der Waals surface area contributed by atoms with Crippen LogP contribution in [0.1, 0.15) is 19.3 Å². The first kappa shape index (κ1) is 9.36. The summed E-state index contributed by atoms with van der Waals surface area (Å²) in [6.07, 6.45) is 4.78. The van der Waals surface area contributed by atoms with Gasteiger partial charge in [0.1, 0.15) is 19.5 Å². The number of rotatable bonds is 2. The van der Waals surface area contributed by atoms with Gasteiger partial charge in [-0.05, 0) is 12.8 Å². The Morgan fingerprint density at radius 2 is 2.47 bits per heavy atom. The van der Waals surface area contributed by atoms with Gasteiger partial charge in [-0.1, -0.05) is 11.2 Å². The second-order valence-electron chi connectivity index (χ2n) is 4.51. The summed E-state index contributed by atoms with van der Waals surface area (Å²) in [5, 5.41) is 4.08. The lowest BCUT2D eigenvalue weighted by atomic mass is 9.73. The van der Waals surface area contributed by atoms with Crippen LogP contribution in [0.15, 0.2) is 17.8 Å². The third-order valence-electron chi connectivity index (χ3n) is 3.52. The van der Waals surface area contributed by atoms with E-state index in [2.05, 4.69) is 11.7 Å². The molecule has 2 heterocycles. The Kier molecular flexibility index (Phi) is 2.07. The van der Waals surface area contributed by atoms with Crippen molar-refractivity contribution in [2.75, 3.05) is 13.4 Å². The van der Waals surface area contributed by atoms with E-state index in [1.165, 1.54) is 0 Å². The minimum Gasteiger partial charge on any atom is -0.395 e. The number of oxime groups is 1. The van der Waals surface area contributed by atoms with Crippen molar-refractivity contribution in [3.63, 3.8) is 0 Å². The molecule has 1 saturated heterocycles. The van der Waals surface area contributed by atoms with Crippen molar-refractivity contribution in [1.29, 1.82) is 0 Å². The summed E-state index contributed by atoms with van der Waals surface area (Å²) in [4.78, 5) is 5.15. The molecule has 0 amide bonds. The fraction of sp³-hybridized carbons (Fsp3) is 0.727. The Hall–Kier alpha value is -0.870. The molecule has 0 aromatic carbocycles. The van der Waals surface area contributed by atoms with E-state index in [1.807, 2.05) is 6.08 Å². The summed E-state index contributed by atoms with van der Waals surface area (Å²) in [6, 6.07) is 0. The molecule has 3 rings (SSSR count). The van der Waals surface area contributed by atoms with Crippen molar-refractivity contribution in [2.45, 2.75) is 31.0 Å². The van der Waals surface area contributed by atoms with Gasteiger partial charge in [0.2, 0.25) is 0 Å². The summed E-state index contributed by atoms with van der Waals surface area (Å²) >= 11 is 0. The summed E-state index contributed by atoms with van der Waals surface area (Å²) in [7, 11) is 0. The Morgan fingerprint density at radius 3 is 3.33 bits per heavy atom. The molecular formula is C11H15NO3.